The summed E-state index contributed by atoms with van der Waals surface area (Å²) >= 11 is 0. The van der Waals surface area contributed by atoms with E-state index in [1.54, 1.807) is 0 Å². The number of fused-ring (bicyclic) bond motifs is 2. The molecule has 2 heterocycles. The summed E-state index contributed by atoms with van der Waals surface area (Å²) in [6, 6.07) is 6.36. The molecule has 4 heteroatoms. The Morgan fingerprint density at radius 3 is 2.08 bits per heavy atom. The molecule has 2 aliphatic heterocycles. The second-order valence-corrected chi connectivity index (χ2v) is 14.6. The van der Waals surface area contributed by atoms with Crippen LogP contribution in [-0.2, 0) is 4.43 Å². The Hall–Kier alpha value is -1.26. The predicted octanol–water partition coefficient (Wildman–Crippen LogP) is 4.53. The van der Waals surface area contributed by atoms with Gasteiger partial charge in [-0.05, 0) is 49.0 Å². The molecule has 0 spiro atoms. The fourth-order valence-corrected chi connectivity index (χ4v) is 11.1. The van der Waals surface area contributed by atoms with Crippen molar-refractivity contribution in [1.82, 2.24) is 0 Å². The smallest absolute Gasteiger partial charge is 0.202 e. The molecular weight excluding hydrogens is 336 g/mol. The van der Waals surface area contributed by atoms with Crippen LogP contribution >= 0.6 is 0 Å². The van der Waals surface area contributed by atoms with Crippen LogP contribution < -0.4 is 10.6 Å². The summed E-state index contributed by atoms with van der Waals surface area (Å²) in [5, 5.41) is 2.30. The monoisotopic (exact) mass is 370 g/mol. The van der Waals surface area contributed by atoms with Gasteiger partial charge in [-0.1, -0.05) is 53.7 Å². The molecule has 1 aromatic carbocycles. The molecule has 0 N–H and O–H groups in total. The van der Waals surface area contributed by atoms with Crippen LogP contribution in [0.1, 0.15) is 61.0 Å². The summed E-state index contributed by atoms with van der Waals surface area (Å²) < 4.78 is 7.25. The number of aliphatic imine (C=N–C) groups is 1. The van der Waals surface area contributed by atoms with Gasteiger partial charge in [-0.15, -0.1) is 0 Å². The summed E-state index contributed by atoms with van der Waals surface area (Å²) in [7, 11) is -2.05. The van der Waals surface area contributed by atoms with Crippen molar-refractivity contribution in [2.45, 2.75) is 90.2 Å². The molecule has 0 amide bonds. The first-order valence-corrected chi connectivity index (χ1v) is 12.1. The summed E-state index contributed by atoms with van der Waals surface area (Å²) in [5.74, 6) is 0. The van der Waals surface area contributed by atoms with E-state index in [4.69, 9.17) is 14.4 Å². The summed E-state index contributed by atoms with van der Waals surface area (Å²) in [6.07, 6.45) is 2.04. The molecule has 142 valence electrons. The number of aryl methyl sites for hydroxylation is 1. The Bertz CT molecular complexity index is 849. The molecule has 26 heavy (non-hydrogen) atoms. The van der Waals surface area contributed by atoms with Crippen LogP contribution in [0, 0.1) is 6.92 Å². The van der Waals surface area contributed by atoms with Crippen LogP contribution in [0.2, 0.25) is 16.6 Å². The van der Waals surface area contributed by atoms with Gasteiger partial charge in [0.15, 0.2) is 5.66 Å². The maximum atomic E-state index is 7.25. The third-order valence-corrected chi connectivity index (χ3v) is 12.7. The van der Waals surface area contributed by atoms with Gasteiger partial charge in [0.2, 0.25) is 8.32 Å². The molecule has 0 saturated carbocycles. The van der Waals surface area contributed by atoms with Crippen molar-refractivity contribution in [1.29, 1.82) is 0 Å². The van der Waals surface area contributed by atoms with Crippen molar-refractivity contribution >= 4 is 20.1 Å². The molecule has 2 unspecified atom stereocenters. The SMILES string of the molecule is Cc1cccc2c1=C1C(C)(N=CC1(C)O[Si](C(C)C)(C(C)C)C(C)C)N=2. The van der Waals surface area contributed by atoms with Crippen molar-refractivity contribution in [2.24, 2.45) is 9.98 Å². The van der Waals surface area contributed by atoms with Crippen LogP contribution in [0.5, 0.6) is 0 Å². The molecular formula is C22H34N2OSi. The molecule has 0 fully saturated rings. The minimum atomic E-state index is -2.05. The average Bonchev–Trinajstić information content (AvgIpc) is 2.96. The number of hydrogen-bond acceptors (Lipinski definition) is 3. The first kappa shape index (κ1) is 19.5. The molecule has 3 nitrogen and oxygen atoms in total. The normalized spacial score (nSPS) is 27.5. The molecule has 0 aliphatic carbocycles. The molecule has 0 aromatic heterocycles. The Balaban J connectivity index is 2.23. The molecule has 0 bridgehead atoms. The Morgan fingerprint density at radius 1 is 0.962 bits per heavy atom. The summed E-state index contributed by atoms with van der Waals surface area (Å²) in [5.41, 5.74) is 3.10. The van der Waals surface area contributed by atoms with Gasteiger partial charge in [-0.2, -0.15) is 0 Å². The van der Waals surface area contributed by atoms with Crippen molar-refractivity contribution in [3.8, 4) is 0 Å². The molecule has 0 saturated heterocycles. The number of hydrogen-bond donors (Lipinski definition) is 0. The van der Waals surface area contributed by atoms with Gasteiger partial charge in [-0.25, -0.2) is 0 Å². The highest BCUT2D eigenvalue weighted by atomic mass is 28.4. The van der Waals surface area contributed by atoms with Gasteiger partial charge in [0.25, 0.3) is 0 Å². The first-order valence-electron chi connectivity index (χ1n) is 9.95. The van der Waals surface area contributed by atoms with Gasteiger partial charge >= 0.3 is 0 Å². The van der Waals surface area contributed by atoms with Crippen molar-refractivity contribution < 1.29 is 4.43 Å². The predicted molar refractivity (Wildman–Crippen MR) is 113 cm³/mol. The number of rotatable bonds is 5. The molecule has 2 aliphatic rings. The van der Waals surface area contributed by atoms with E-state index < -0.39 is 19.6 Å². The zero-order chi connectivity index (χ0) is 19.5. The highest BCUT2D eigenvalue weighted by Gasteiger charge is 2.55. The fraction of sp³-hybridized carbons (Fsp3) is 0.636. The van der Waals surface area contributed by atoms with E-state index in [9.17, 15) is 0 Å². The van der Waals surface area contributed by atoms with Crippen molar-refractivity contribution in [3.05, 3.63) is 34.3 Å². The van der Waals surface area contributed by atoms with Gasteiger partial charge in [0, 0.05) is 17.0 Å². The Kier molecular flexibility index (Phi) is 4.60. The maximum absolute atomic E-state index is 7.25. The quantitative estimate of drug-likeness (QED) is 0.701. The van der Waals surface area contributed by atoms with E-state index in [0.29, 0.717) is 16.6 Å². The lowest BCUT2D eigenvalue weighted by molar-refractivity contribution is 0.192. The second-order valence-electron chi connectivity index (χ2n) is 9.26. The lowest BCUT2D eigenvalue weighted by Gasteiger charge is -2.47. The first-order chi connectivity index (χ1) is 12.0. The zero-order valence-electron chi connectivity index (χ0n) is 17.8. The molecule has 2 atom stereocenters. The third-order valence-electron chi connectivity index (χ3n) is 6.47. The van der Waals surface area contributed by atoms with Crippen LogP contribution in [0.25, 0.3) is 5.57 Å². The molecule has 0 radical (unpaired) electrons. The minimum Gasteiger partial charge on any atom is -0.402 e. The fourth-order valence-electron chi connectivity index (χ4n) is 5.52. The highest BCUT2D eigenvalue weighted by Crippen LogP contribution is 2.49. The largest absolute Gasteiger partial charge is 0.402 e. The van der Waals surface area contributed by atoms with E-state index in [2.05, 4.69) is 80.5 Å². The van der Waals surface area contributed by atoms with Gasteiger partial charge in [-0.3, -0.25) is 9.98 Å². The van der Waals surface area contributed by atoms with Crippen molar-refractivity contribution in [2.75, 3.05) is 0 Å². The van der Waals surface area contributed by atoms with E-state index in [-0.39, 0.29) is 0 Å². The minimum absolute atomic E-state index is 0.485. The van der Waals surface area contributed by atoms with Crippen LogP contribution in [0.3, 0.4) is 0 Å². The third kappa shape index (κ3) is 2.56. The lowest BCUT2D eigenvalue weighted by atomic mass is 9.89. The number of benzene rings is 1. The van der Waals surface area contributed by atoms with Crippen molar-refractivity contribution in [3.63, 3.8) is 0 Å². The molecule has 1 aromatic rings. The van der Waals surface area contributed by atoms with Crippen LogP contribution in [0.15, 0.2) is 28.2 Å². The Labute approximate surface area is 159 Å². The topological polar surface area (TPSA) is 34.0 Å². The standard InChI is InChI=1S/C22H34N2OSi/c1-14(2)26(15(3)4,16(5)6)25-21(8)13-23-22(9)20(21)19-17(7)11-10-12-18(19)24-22/h10-16H,1-9H3. The Morgan fingerprint density at radius 2 is 1.54 bits per heavy atom. The maximum Gasteiger partial charge on any atom is 0.202 e. The summed E-state index contributed by atoms with van der Waals surface area (Å²) in [6.45, 7) is 20.5. The average molecular weight is 371 g/mol. The highest BCUT2D eigenvalue weighted by molar-refractivity contribution is 6.78. The lowest BCUT2D eigenvalue weighted by Crippen LogP contribution is -2.55. The van der Waals surface area contributed by atoms with Crippen LogP contribution in [-0.4, -0.2) is 25.8 Å². The van der Waals surface area contributed by atoms with Gasteiger partial charge in [0.1, 0.15) is 5.60 Å². The van der Waals surface area contributed by atoms with E-state index in [0.717, 1.165) is 5.36 Å². The van der Waals surface area contributed by atoms with E-state index in [1.165, 1.54) is 16.4 Å². The van der Waals surface area contributed by atoms with Crippen LogP contribution in [0.4, 0.5) is 0 Å². The van der Waals surface area contributed by atoms with Gasteiger partial charge in [0.05, 0.1) is 5.36 Å². The second kappa shape index (κ2) is 6.13. The van der Waals surface area contributed by atoms with Gasteiger partial charge < -0.3 is 4.43 Å². The number of nitrogens with zero attached hydrogens (tertiary/aromatic N) is 2. The van der Waals surface area contributed by atoms with E-state index >= 15 is 0 Å². The van der Waals surface area contributed by atoms with E-state index in [1.807, 2.05) is 6.21 Å². The summed E-state index contributed by atoms with van der Waals surface area (Å²) in [4.78, 5) is 9.84. The zero-order valence-corrected chi connectivity index (χ0v) is 18.8. The molecule has 3 rings (SSSR count).